The van der Waals surface area contributed by atoms with Gasteiger partial charge in [0.2, 0.25) is 0 Å². The van der Waals surface area contributed by atoms with Gasteiger partial charge in [0, 0.05) is 30.4 Å². The Bertz CT molecular complexity index is 925. The zero-order valence-electron chi connectivity index (χ0n) is 13.3. The van der Waals surface area contributed by atoms with Crippen LogP contribution in [0.4, 0.5) is 4.39 Å². The van der Waals surface area contributed by atoms with E-state index >= 15 is 0 Å². The van der Waals surface area contributed by atoms with Gasteiger partial charge in [0.15, 0.2) is 14.9 Å². The van der Waals surface area contributed by atoms with E-state index < -0.39 is 9.84 Å². The van der Waals surface area contributed by atoms with Crippen molar-refractivity contribution >= 4 is 9.84 Å². The van der Waals surface area contributed by atoms with Gasteiger partial charge in [-0.25, -0.2) is 17.8 Å². The highest BCUT2D eigenvalue weighted by molar-refractivity contribution is 7.91. The molecule has 0 aliphatic rings. The number of hydrogen-bond acceptors (Lipinski definition) is 5. The molecular formula is C17H17FN4O2S. The third-order valence-electron chi connectivity index (χ3n) is 3.67. The highest BCUT2D eigenvalue weighted by Gasteiger charge is 2.15. The molecule has 8 heteroatoms. The molecule has 3 rings (SSSR count). The molecule has 2 N–H and O–H groups in total. The lowest BCUT2D eigenvalue weighted by Crippen LogP contribution is -2.23. The van der Waals surface area contributed by atoms with Crippen molar-refractivity contribution in [2.45, 2.75) is 11.6 Å². The molecule has 0 atom stereocenters. The fraction of sp³-hybridized carbons (Fsp3) is 0.176. The van der Waals surface area contributed by atoms with E-state index in [1.807, 2.05) is 0 Å². The van der Waals surface area contributed by atoms with Crippen LogP contribution in [0.5, 0.6) is 0 Å². The predicted octanol–water partition coefficient (Wildman–Crippen LogP) is 2.17. The first-order valence-electron chi connectivity index (χ1n) is 7.69. The van der Waals surface area contributed by atoms with Gasteiger partial charge in [0.1, 0.15) is 5.82 Å². The first-order valence-corrected chi connectivity index (χ1v) is 9.34. The highest BCUT2D eigenvalue weighted by atomic mass is 32.2. The molecule has 2 heterocycles. The van der Waals surface area contributed by atoms with Gasteiger partial charge in [-0.3, -0.25) is 5.10 Å². The number of nitrogens with one attached hydrogen (secondary N) is 2. The van der Waals surface area contributed by atoms with Crippen LogP contribution < -0.4 is 5.32 Å². The summed E-state index contributed by atoms with van der Waals surface area (Å²) in [4.78, 5) is 3.88. The molecule has 130 valence electrons. The third kappa shape index (κ3) is 4.28. The van der Waals surface area contributed by atoms with Crippen LogP contribution in [0.15, 0.2) is 59.9 Å². The average molecular weight is 360 g/mol. The van der Waals surface area contributed by atoms with E-state index in [4.69, 9.17) is 0 Å². The van der Waals surface area contributed by atoms with Crippen molar-refractivity contribution in [1.29, 1.82) is 0 Å². The fourth-order valence-electron chi connectivity index (χ4n) is 2.38. The number of rotatable bonds is 7. The Labute approximate surface area is 145 Å². The number of sulfone groups is 1. The molecule has 6 nitrogen and oxygen atoms in total. The van der Waals surface area contributed by atoms with Crippen molar-refractivity contribution in [2.75, 3.05) is 12.3 Å². The number of benzene rings is 1. The number of halogens is 1. The summed E-state index contributed by atoms with van der Waals surface area (Å²) in [5.74, 6) is -0.351. The molecule has 0 saturated heterocycles. The summed E-state index contributed by atoms with van der Waals surface area (Å²) in [5.41, 5.74) is 2.47. The number of nitrogens with zero attached hydrogens (tertiary/aromatic N) is 2. The van der Waals surface area contributed by atoms with E-state index in [1.165, 1.54) is 24.4 Å². The SMILES string of the molecule is O=S(=O)(CCNCc1cn[nH]c1-c1ccc(F)cc1)c1ccccn1. The molecule has 1 aromatic carbocycles. The van der Waals surface area contributed by atoms with E-state index in [0.29, 0.717) is 6.54 Å². The smallest absolute Gasteiger partial charge is 0.196 e. The summed E-state index contributed by atoms with van der Waals surface area (Å²) in [6.07, 6.45) is 3.12. The van der Waals surface area contributed by atoms with Gasteiger partial charge in [-0.2, -0.15) is 5.10 Å². The van der Waals surface area contributed by atoms with Crippen LogP contribution in [0.3, 0.4) is 0 Å². The summed E-state index contributed by atoms with van der Waals surface area (Å²) in [5, 5.41) is 10.1. The molecule has 0 aliphatic carbocycles. The Balaban J connectivity index is 1.59. The second-order valence-electron chi connectivity index (χ2n) is 5.44. The van der Waals surface area contributed by atoms with Gasteiger partial charge in [0.25, 0.3) is 0 Å². The summed E-state index contributed by atoms with van der Waals surface area (Å²) in [6.45, 7) is 0.730. The molecule has 0 aliphatic heterocycles. The van der Waals surface area contributed by atoms with Crippen LogP contribution in [0, 0.1) is 5.82 Å². The molecule has 0 amide bonds. The highest BCUT2D eigenvalue weighted by Crippen LogP contribution is 2.21. The third-order valence-corrected chi connectivity index (χ3v) is 5.29. The quantitative estimate of drug-likeness (QED) is 0.631. The maximum atomic E-state index is 13.0. The lowest BCUT2D eigenvalue weighted by atomic mass is 10.1. The molecule has 2 aromatic heterocycles. The van der Waals surface area contributed by atoms with E-state index in [9.17, 15) is 12.8 Å². The van der Waals surface area contributed by atoms with E-state index in [-0.39, 0.29) is 23.1 Å². The van der Waals surface area contributed by atoms with Crippen LogP contribution >= 0.6 is 0 Å². The fourth-order valence-corrected chi connectivity index (χ4v) is 3.51. The normalized spacial score (nSPS) is 11.6. The molecule has 0 spiro atoms. The van der Waals surface area contributed by atoms with Crippen LogP contribution in [-0.4, -0.2) is 35.9 Å². The number of aromatic amines is 1. The first kappa shape index (κ1) is 17.2. The average Bonchev–Trinajstić information content (AvgIpc) is 3.09. The van der Waals surface area contributed by atoms with Crippen molar-refractivity contribution in [3.05, 3.63) is 66.2 Å². The van der Waals surface area contributed by atoms with E-state index in [2.05, 4.69) is 20.5 Å². The van der Waals surface area contributed by atoms with Crippen LogP contribution in [0.2, 0.25) is 0 Å². The lowest BCUT2D eigenvalue weighted by Gasteiger charge is -2.07. The second-order valence-corrected chi connectivity index (χ2v) is 7.50. The minimum atomic E-state index is -3.41. The number of aromatic nitrogens is 3. The van der Waals surface area contributed by atoms with Crippen LogP contribution in [0.25, 0.3) is 11.3 Å². The minimum absolute atomic E-state index is 0.0479. The number of pyridine rings is 1. The monoisotopic (exact) mass is 360 g/mol. The minimum Gasteiger partial charge on any atom is -0.312 e. The summed E-state index contributed by atoms with van der Waals surface area (Å²) >= 11 is 0. The van der Waals surface area contributed by atoms with Gasteiger partial charge in [-0.1, -0.05) is 6.07 Å². The molecule has 0 saturated carbocycles. The van der Waals surface area contributed by atoms with Crippen LogP contribution in [0.1, 0.15) is 5.56 Å². The molecule has 0 fully saturated rings. The Morgan fingerprint density at radius 3 is 2.64 bits per heavy atom. The Hall–Kier alpha value is -2.58. The molecule has 0 bridgehead atoms. The van der Waals surface area contributed by atoms with Crippen molar-refractivity contribution in [2.24, 2.45) is 0 Å². The van der Waals surface area contributed by atoms with Gasteiger partial charge >= 0.3 is 0 Å². The van der Waals surface area contributed by atoms with Crippen molar-refractivity contribution < 1.29 is 12.8 Å². The molecule has 0 unspecified atom stereocenters. The number of hydrogen-bond donors (Lipinski definition) is 2. The van der Waals surface area contributed by atoms with Crippen molar-refractivity contribution in [3.8, 4) is 11.3 Å². The lowest BCUT2D eigenvalue weighted by molar-refractivity contribution is 0.587. The van der Waals surface area contributed by atoms with Crippen molar-refractivity contribution in [1.82, 2.24) is 20.5 Å². The molecule has 3 aromatic rings. The van der Waals surface area contributed by atoms with E-state index in [0.717, 1.165) is 16.8 Å². The van der Waals surface area contributed by atoms with Crippen LogP contribution in [-0.2, 0) is 16.4 Å². The van der Waals surface area contributed by atoms with Gasteiger partial charge in [-0.05, 0) is 36.4 Å². The number of H-pyrrole nitrogens is 1. The topological polar surface area (TPSA) is 87.7 Å². The van der Waals surface area contributed by atoms with E-state index in [1.54, 1.807) is 30.5 Å². The van der Waals surface area contributed by atoms with Gasteiger partial charge < -0.3 is 5.32 Å². The first-order chi connectivity index (χ1) is 12.1. The Kier molecular flexibility index (Phi) is 5.20. The summed E-state index contributed by atoms with van der Waals surface area (Å²) in [7, 11) is -3.41. The second kappa shape index (κ2) is 7.54. The summed E-state index contributed by atoms with van der Waals surface area (Å²) < 4.78 is 37.3. The summed E-state index contributed by atoms with van der Waals surface area (Å²) in [6, 6.07) is 10.9. The largest absolute Gasteiger partial charge is 0.312 e. The molecular weight excluding hydrogens is 343 g/mol. The molecule has 25 heavy (non-hydrogen) atoms. The maximum Gasteiger partial charge on any atom is 0.196 e. The zero-order valence-corrected chi connectivity index (χ0v) is 14.1. The van der Waals surface area contributed by atoms with Crippen molar-refractivity contribution in [3.63, 3.8) is 0 Å². The molecule has 0 radical (unpaired) electrons. The Morgan fingerprint density at radius 2 is 1.92 bits per heavy atom. The standard InChI is InChI=1S/C17H17FN4O2S/c18-15-6-4-13(5-7-15)17-14(12-21-22-17)11-19-9-10-25(23,24)16-3-1-2-8-20-16/h1-8,12,19H,9-11H2,(H,21,22). The predicted molar refractivity (Wildman–Crippen MR) is 92.0 cm³/mol. The Morgan fingerprint density at radius 1 is 1.12 bits per heavy atom. The van der Waals surface area contributed by atoms with Gasteiger partial charge in [0.05, 0.1) is 17.6 Å². The van der Waals surface area contributed by atoms with Gasteiger partial charge in [-0.15, -0.1) is 0 Å². The maximum absolute atomic E-state index is 13.0. The zero-order chi connectivity index (χ0) is 17.7.